The minimum atomic E-state index is -0.605. The van der Waals surface area contributed by atoms with Gasteiger partial charge in [-0.15, -0.1) is 0 Å². The van der Waals surface area contributed by atoms with E-state index in [1.54, 1.807) is 26.2 Å². The second kappa shape index (κ2) is 15.1. The van der Waals surface area contributed by atoms with Gasteiger partial charge in [0.25, 0.3) is 5.89 Å². The zero-order chi connectivity index (χ0) is 35.3. The number of likely N-dealkylation sites (tertiary alicyclic amines) is 1. The van der Waals surface area contributed by atoms with E-state index in [4.69, 9.17) is 32.9 Å². The zero-order valence-electron chi connectivity index (χ0n) is 29.3. The van der Waals surface area contributed by atoms with Crippen LogP contribution >= 0.6 is 0 Å². The first kappa shape index (κ1) is 34.6. The SMILES string of the molecule is COc1ccccc1-c1noc(COc2ccc(C3CCN(C(=O)OC(C)(C)C)CC3OCc3cc(OC)c4ccccc4c3OC)cc2)n1. The minimum Gasteiger partial charge on any atom is -0.496 e. The summed E-state index contributed by atoms with van der Waals surface area (Å²) in [5.41, 5.74) is 2.06. The van der Waals surface area contributed by atoms with E-state index in [0.29, 0.717) is 42.7 Å². The van der Waals surface area contributed by atoms with E-state index < -0.39 is 5.60 Å². The van der Waals surface area contributed by atoms with E-state index in [9.17, 15) is 4.79 Å². The van der Waals surface area contributed by atoms with Crippen LogP contribution in [0.5, 0.6) is 23.0 Å². The number of amides is 1. The Morgan fingerprint density at radius 1 is 0.880 bits per heavy atom. The van der Waals surface area contributed by atoms with E-state index >= 15 is 0 Å². The number of para-hydroxylation sites is 1. The molecule has 1 saturated heterocycles. The molecule has 1 fully saturated rings. The van der Waals surface area contributed by atoms with E-state index in [1.807, 2.05) is 99.6 Å². The van der Waals surface area contributed by atoms with Crippen LogP contribution in [0.15, 0.2) is 83.4 Å². The third-order valence-corrected chi connectivity index (χ3v) is 8.61. The Balaban J connectivity index is 1.18. The summed E-state index contributed by atoms with van der Waals surface area (Å²) in [6.45, 7) is 6.88. The highest BCUT2D eigenvalue weighted by Crippen LogP contribution is 2.39. The van der Waals surface area contributed by atoms with Gasteiger partial charge in [0.1, 0.15) is 28.6 Å². The van der Waals surface area contributed by atoms with E-state index in [2.05, 4.69) is 10.1 Å². The molecule has 1 aliphatic rings. The van der Waals surface area contributed by atoms with Gasteiger partial charge in [-0.25, -0.2) is 4.79 Å². The molecule has 11 heteroatoms. The number of ether oxygens (including phenoxy) is 6. The maximum Gasteiger partial charge on any atom is 0.410 e. The first-order chi connectivity index (χ1) is 24.2. The highest BCUT2D eigenvalue weighted by Gasteiger charge is 2.35. The summed E-state index contributed by atoms with van der Waals surface area (Å²) in [5.74, 6) is 3.57. The Kier molecular flexibility index (Phi) is 10.4. The number of carbonyl (C=O) groups is 1. The molecule has 0 saturated carbocycles. The largest absolute Gasteiger partial charge is 0.496 e. The Labute approximate surface area is 292 Å². The lowest BCUT2D eigenvalue weighted by Crippen LogP contribution is -2.48. The zero-order valence-corrected chi connectivity index (χ0v) is 29.3. The average molecular weight is 682 g/mol. The molecule has 50 heavy (non-hydrogen) atoms. The third-order valence-electron chi connectivity index (χ3n) is 8.61. The number of fused-ring (bicyclic) bond motifs is 1. The van der Waals surface area contributed by atoms with Crippen molar-refractivity contribution < 1.29 is 37.7 Å². The first-order valence-electron chi connectivity index (χ1n) is 16.6. The second-order valence-electron chi connectivity index (χ2n) is 13.1. The van der Waals surface area contributed by atoms with Gasteiger partial charge in [0.05, 0.1) is 46.1 Å². The Hall–Kier alpha value is -5.29. The lowest BCUT2D eigenvalue weighted by atomic mass is 9.87. The number of benzene rings is 4. The van der Waals surface area contributed by atoms with Crippen LogP contribution in [0.1, 0.15) is 50.1 Å². The normalized spacial score (nSPS) is 16.2. The molecule has 11 nitrogen and oxygen atoms in total. The van der Waals surface area contributed by atoms with Crippen LogP contribution in [0.4, 0.5) is 4.79 Å². The van der Waals surface area contributed by atoms with Crippen molar-refractivity contribution in [2.75, 3.05) is 34.4 Å². The van der Waals surface area contributed by atoms with Gasteiger partial charge >= 0.3 is 6.09 Å². The second-order valence-corrected chi connectivity index (χ2v) is 13.1. The highest BCUT2D eigenvalue weighted by molar-refractivity contribution is 5.94. The molecule has 1 aromatic heterocycles. The van der Waals surface area contributed by atoms with Crippen LogP contribution in [-0.4, -0.2) is 67.3 Å². The average Bonchev–Trinajstić information content (AvgIpc) is 3.61. The van der Waals surface area contributed by atoms with Crippen molar-refractivity contribution in [3.05, 3.63) is 95.9 Å². The fourth-order valence-corrected chi connectivity index (χ4v) is 6.25. The van der Waals surface area contributed by atoms with Gasteiger partial charge in [-0.2, -0.15) is 4.98 Å². The Morgan fingerprint density at radius 2 is 1.60 bits per heavy atom. The molecule has 2 atom stereocenters. The summed E-state index contributed by atoms with van der Waals surface area (Å²) in [6, 6.07) is 25.3. The molecule has 2 heterocycles. The Morgan fingerprint density at radius 3 is 2.32 bits per heavy atom. The van der Waals surface area contributed by atoms with Crippen LogP contribution < -0.4 is 18.9 Å². The number of hydrogen-bond donors (Lipinski definition) is 0. The monoisotopic (exact) mass is 681 g/mol. The smallest absolute Gasteiger partial charge is 0.410 e. The molecule has 262 valence electrons. The van der Waals surface area contributed by atoms with Gasteiger partial charge in [0.15, 0.2) is 6.61 Å². The number of aromatic nitrogens is 2. The molecule has 1 aliphatic heterocycles. The molecule has 0 N–H and O–H groups in total. The Bertz CT molecular complexity index is 1920. The maximum absolute atomic E-state index is 13.1. The topological polar surface area (TPSA) is 115 Å². The summed E-state index contributed by atoms with van der Waals surface area (Å²) in [4.78, 5) is 19.3. The predicted molar refractivity (Wildman–Crippen MR) is 188 cm³/mol. The molecular weight excluding hydrogens is 638 g/mol. The van der Waals surface area contributed by atoms with Crippen molar-refractivity contribution in [2.24, 2.45) is 0 Å². The molecule has 4 aromatic carbocycles. The van der Waals surface area contributed by atoms with Crippen molar-refractivity contribution in [1.82, 2.24) is 15.0 Å². The molecule has 0 spiro atoms. The fraction of sp³-hybridized carbons (Fsp3) is 0.359. The van der Waals surface area contributed by atoms with Crippen LogP contribution in [0.3, 0.4) is 0 Å². The van der Waals surface area contributed by atoms with Crippen molar-refractivity contribution in [3.8, 4) is 34.4 Å². The standard InChI is InChI=1S/C39H43N3O8/c1-39(2,3)49-38(43)42-20-19-28(34(22-42)48-23-26-21-33(45-5)29-11-7-8-12-30(29)36(26)46-6)25-15-17-27(18-16-25)47-24-35-40-37(41-50-35)31-13-9-10-14-32(31)44-4/h7-18,21,28,34H,19-20,22-24H2,1-6H3. The first-order valence-corrected chi connectivity index (χ1v) is 16.6. The van der Waals surface area contributed by atoms with E-state index in [-0.39, 0.29) is 31.3 Å². The van der Waals surface area contributed by atoms with Gasteiger partial charge in [0.2, 0.25) is 5.82 Å². The molecule has 0 bridgehead atoms. The maximum atomic E-state index is 13.1. The summed E-state index contributed by atoms with van der Waals surface area (Å²) in [5, 5.41) is 5.99. The van der Waals surface area contributed by atoms with Crippen molar-refractivity contribution in [1.29, 1.82) is 0 Å². The minimum absolute atomic E-state index is 0.00966. The van der Waals surface area contributed by atoms with Crippen molar-refractivity contribution in [3.63, 3.8) is 0 Å². The lowest BCUT2D eigenvalue weighted by molar-refractivity contribution is -0.0363. The summed E-state index contributed by atoms with van der Waals surface area (Å²) >= 11 is 0. The summed E-state index contributed by atoms with van der Waals surface area (Å²) < 4.78 is 40.8. The van der Waals surface area contributed by atoms with Gasteiger partial charge in [-0.05, 0) is 63.1 Å². The molecule has 2 unspecified atom stereocenters. The number of rotatable bonds is 11. The number of hydrogen-bond acceptors (Lipinski definition) is 10. The van der Waals surface area contributed by atoms with Crippen LogP contribution in [0.25, 0.3) is 22.2 Å². The number of carbonyl (C=O) groups excluding carboxylic acids is 1. The lowest BCUT2D eigenvalue weighted by Gasteiger charge is -2.39. The van der Waals surface area contributed by atoms with Gasteiger partial charge in [-0.1, -0.05) is 53.7 Å². The van der Waals surface area contributed by atoms with Crippen molar-refractivity contribution in [2.45, 2.75) is 58.0 Å². The summed E-state index contributed by atoms with van der Waals surface area (Å²) in [7, 11) is 4.92. The van der Waals surface area contributed by atoms with Crippen LogP contribution in [0, 0.1) is 0 Å². The molecule has 5 aromatic rings. The molecule has 0 aliphatic carbocycles. The third kappa shape index (κ3) is 7.78. The number of nitrogens with zero attached hydrogens (tertiary/aromatic N) is 3. The highest BCUT2D eigenvalue weighted by atomic mass is 16.6. The molecule has 0 radical (unpaired) electrons. The summed E-state index contributed by atoms with van der Waals surface area (Å²) in [6.07, 6.45) is 0.0147. The quantitative estimate of drug-likeness (QED) is 0.137. The van der Waals surface area contributed by atoms with Gasteiger partial charge in [0, 0.05) is 28.8 Å². The van der Waals surface area contributed by atoms with E-state index in [1.165, 1.54) is 0 Å². The van der Waals surface area contributed by atoms with Crippen LogP contribution in [-0.2, 0) is 22.7 Å². The number of piperidine rings is 1. The molecular formula is C39H43N3O8. The van der Waals surface area contributed by atoms with Gasteiger partial charge < -0.3 is 37.8 Å². The van der Waals surface area contributed by atoms with E-state index in [0.717, 1.165) is 39.0 Å². The molecule has 1 amide bonds. The van der Waals surface area contributed by atoms with Crippen molar-refractivity contribution >= 4 is 16.9 Å². The van der Waals surface area contributed by atoms with Gasteiger partial charge in [-0.3, -0.25) is 0 Å². The molecule has 6 rings (SSSR count). The number of methoxy groups -OCH3 is 3. The fourth-order valence-electron chi connectivity index (χ4n) is 6.25. The predicted octanol–water partition coefficient (Wildman–Crippen LogP) is 7.80. The van der Waals surface area contributed by atoms with Crippen LogP contribution in [0.2, 0.25) is 0 Å².